The lowest BCUT2D eigenvalue weighted by atomic mass is 9.77. The first-order chi connectivity index (χ1) is 9.86. The van der Waals surface area contributed by atoms with Gasteiger partial charge in [-0.3, -0.25) is 0 Å². The fourth-order valence-electron chi connectivity index (χ4n) is 3.70. The monoisotopic (exact) mass is 272 g/mol. The Hall–Kier alpha value is -0.860. The van der Waals surface area contributed by atoms with Crippen LogP contribution in [0.25, 0.3) is 0 Å². The summed E-state index contributed by atoms with van der Waals surface area (Å²) in [5.74, 6) is 0.782. The van der Waals surface area contributed by atoms with Gasteiger partial charge in [0.2, 0.25) is 0 Å². The predicted molar refractivity (Wildman–Crippen MR) is 85.3 cm³/mol. The molecule has 2 nitrogen and oxygen atoms in total. The second-order valence-corrected chi connectivity index (χ2v) is 6.51. The topological polar surface area (TPSA) is 15.3 Å². The van der Waals surface area contributed by atoms with E-state index >= 15 is 0 Å². The Labute approximate surface area is 123 Å². The molecule has 1 fully saturated rings. The highest BCUT2D eigenvalue weighted by atomic mass is 15.2. The van der Waals surface area contributed by atoms with Crippen molar-refractivity contribution in [3.05, 3.63) is 35.4 Å². The lowest BCUT2D eigenvalue weighted by Crippen LogP contribution is -2.41. The van der Waals surface area contributed by atoms with Crippen molar-refractivity contribution in [1.29, 1.82) is 0 Å². The summed E-state index contributed by atoms with van der Waals surface area (Å²) in [7, 11) is 0. The SMILES string of the molecule is CCCCN(CC1CCCN1)CC1Cc2ccccc21. The van der Waals surface area contributed by atoms with Gasteiger partial charge in [0, 0.05) is 25.0 Å². The Kier molecular flexibility index (Phi) is 4.74. The van der Waals surface area contributed by atoms with Crippen LogP contribution in [0.5, 0.6) is 0 Å². The van der Waals surface area contributed by atoms with E-state index in [-0.39, 0.29) is 0 Å². The van der Waals surface area contributed by atoms with Crippen molar-refractivity contribution < 1.29 is 0 Å². The van der Waals surface area contributed by atoms with E-state index in [1.54, 1.807) is 11.1 Å². The molecule has 20 heavy (non-hydrogen) atoms. The second kappa shape index (κ2) is 6.73. The van der Waals surface area contributed by atoms with Crippen molar-refractivity contribution in [3.8, 4) is 0 Å². The van der Waals surface area contributed by atoms with Crippen LogP contribution >= 0.6 is 0 Å². The molecule has 0 radical (unpaired) electrons. The van der Waals surface area contributed by atoms with E-state index in [2.05, 4.69) is 41.4 Å². The summed E-state index contributed by atoms with van der Waals surface area (Å²) < 4.78 is 0. The number of hydrogen-bond donors (Lipinski definition) is 1. The van der Waals surface area contributed by atoms with Crippen LogP contribution in [0.2, 0.25) is 0 Å². The zero-order chi connectivity index (χ0) is 13.8. The molecule has 1 aliphatic carbocycles. The third-order valence-corrected chi connectivity index (χ3v) is 4.91. The summed E-state index contributed by atoms with van der Waals surface area (Å²) in [6, 6.07) is 9.73. The van der Waals surface area contributed by atoms with Crippen LogP contribution in [0.15, 0.2) is 24.3 Å². The van der Waals surface area contributed by atoms with Crippen molar-refractivity contribution in [3.63, 3.8) is 0 Å². The van der Waals surface area contributed by atoms with E-state index in [0.29, 0.717) is 0 Å². The van der Waals surface area contributed by atoms with Crippen LogP contribution in [0.1, 0.15) is 49.7 Å². The summed E-state index contributed by atoms with van der Waals surface area (Å²) in [5, 5.41) is 3.65. The minimum atomic E-state index is 0.738. The minimum absolute atomic E-state index is 0.738. The van der Waals surface area contributed by atoms with Crippen molar-refractivity contribution in [2.45, 2.75) is 51.0 Å². The minimum Gasteiger partial charge on any atom is -0.313 e. The van der Waals surface area contributed by atoms with Crippen molar-refractivity contribution in [2.24, 2.45) is 0 Å². The van der Waals surface area contributed by atoms with E-state index in [0.717, 1.165) is 12.0 Å². The summed E-state index contributed by atoms with van der Waals surface area (Å²) >= 11 is 0. The molecule has 1 aromatic carbocycles. The zero-order valence-electron chi connectivity index (χ0n) is 12.8. The standard InChI is InChI=1S/C18H28N2/c1-2-3-11-20(14-17-8-6-10-19-17)13-16-12-15-7-4-5-9-18(15)16/h4-5,7,9,16-17,19H,2-3,6,8,10-14H2,1H3. The number of hydrogen-bond acceptors (Lipinski definition) is 2. The fourth-order valence-corrected chi connectivity index (χ4v) is 3.70. The zero-order valence-corrected chi connectivity index (χ0v) is 12.8. The maximum absolute atomic E-state index is 3.65. The van der Waals surface area contributed by atoms with Gasteiger partial charge < -0.3 is 10.2 Å². The van der Waals surface area contributed by atoms with Gasteiger partial charge in [-0.15, -0.1) is 0 Å². The van der Waals surface area contributed by atoms with Gasteiger partial charge in [-0.2, -0.15) is 0 Å². The molecule has 1 aromatic rings. The Morgan fingerprint density at radius 2 is 2.15 bits per heavy atom. The molecule has 1 heterocycles. The third kappa shape index (κ3) is 3.24. The van der Waals surface area contributed by atoms with Gasteiger partial charge in [0.1, 0.15) is 0 Å². The van der Waals surface area contributed by atoms with Crippen LogP contribution < -0.4 is 5.32 Å². The van der Waals surface area contributed by atoms with Gasteiger partial charge >= 0.3 is 0 Å². The molecule has 0 saturated carbocycles. The Bertz CT molecular complexity index is 423. The molecule has 1 aliphatic heterocycles. The number of unbranched alkanes of at least 4 members (excludes halogenated alkanes) is 1. The lowest BCUT2D eigenvalue weighted by Gasteiger charge is -2.36. The Morgan fingerprint density at radius 3 is 2.90 bits per heavy atom. The van der Waals surface area contributed by atoms with E-state index in [1.807, 2.05) is 0 Å². The average molecular weight is 272 g/mol. The second-order valence-electron chi connectivity index (χ2n) is 6.51. The van der Waals surface area contributed by atoms with Crippen LogP contribution in [-0.4, -0.2) is 37.1 Å². The van der Waals surface area contributed by atoms with E-state index in [9.17, 15) is 0 Å². The van der Waals surface area contributed by atoms with Gasteiger partial charge in [0.05, 0.1) is 0 Å². The maximum Gasteiger partial charge on any atom is 0.0195 e. The Morgan fingerprint density at radius 1 is 1.25 bits per heavy atom. The molecule has 3 rings (SSSR count). The van der Waals surface area contributed by atoms with Gasteiger partial charge in [0.15, 0.2) is 0 Å². The largest absolute Gasteiger partial charge is 0.313 e. The summed E-state index contributed by atoms with van der Waals surface area (Å²) in [6.07, 6.45) is 6.65. The summed E-state index contributed by atoms with van der Waals surface area (Å²) in [4.78, 5) is 2.72. The number of rotatable bonds is 7. The van der Waals surface area contributed by atoms with Gasteiger partial charge in [-0.25, -0.2) is 0 Å². The Balaban J connectivity index is 1.56. The molecule has 0 spiro atoms. The normalized spacial score (nSPS) is 24.7. The highest BCUT2D eigenvalue weighted by Crippen LogP contribution is 2.35. The average Bonchev–Trinajstić information content (AvgIpc) is 2.94. The fraction of sp³-hybridized carbons (Fsp3) is 0.667. The van der Waals surface area contributed by atoms with E-state index in [4.69, 9.17) is 0 Å². The molecule has 1 N–H and O–H groups in total. The van der Waals surface area contributed by atoms with E-state index in [1.165, 1.54) is 58.3 Å². The molecule has 2 unspecified atom stereocenters. The van der Waals surface area contributed by atoms with Crippen molar-refractivity contribution in [1.82, 2.24) is 10.2 Å². The molecule has 110 valence electrons. The molecule has 2 aliphatic rings. The van der Waals surface area contributed by atoms with Crippen molar-refractivity contribution in [2.75, 3.05) is 26.2 Å². The number of nitrogens with one attached hydrogen (secondary N) is 1. The first-order valence-corrected chi connectivity index (χ1v) is 8.40. The molecule has 1 saturated heterocycles. The molecule has 2 atom stereocenters. The lowest BCUT2D eigenvalue weighted by molar-refractivity contribution is 0.224. The van der Waals surface area contributed by atoms with Crippen LogP contribution in [0, 0.1) is 0 Å². The van der Waals surface area contributed by atoms with Crippen LogP contribution in [0.4, 0.5) is 0 Å². The highest BCUT2D eigenvalue weighted by Gasteiger charge is 2.28. The number of fused-ring (bicyclic) bond motifs is 1. The number of benzene rings is 1. The maximum atomic E-state index is 3.65. The molecule has 0 amide bonds. The number of nitrogens with zero attached hydrogens (tertiary/aromatic N) is 1. The molecule has 0 bridgehead atoms. The van der Waals surface area contributed by atoms with Crippen LogP contribution in [-0.2, 0) is 6.42 Å². The van der Waals surface area contributed by atoms with Gasteiger partial charge in [0.25, 0.3) is 0 Å². The van der Waals surface area contributed by atoms with Crippen molar-refractivity contribution >= 4 is 0 Å². The predicted octanol–water partition coefficient (Wildman–Crippen LogP) is 3.18. The van der Waals surface area contributed by atoms with E-state index < -0.39 is 0 Å². The summed E-state index contributed by atoms with van der Waals surface area (Å²) in [5.41, 5.74) is 3.18. The first kappa shape index (κ1) is 14.1. The molecule has 2 heteroatoms. The summed E-state index contributed by atoms with van der Waals surface area (Å²) in [6.45, 7) is 7.30. The van der Waals surface area contributed by atoms with Gasteiger partial charge in [-0.05, 0) is 49.9 Å². The van der Waals surface area contributed by atoms with Crippen LogP contribution in [0.3, 0.4) is 0 Å². The first-order valence-electron chi connectivity index (χ1n) is 8.40. The van der Waals surface area contributed by atoms with Gasteiger partial charge in [-0.1, -0.05) is 37.6 Å². The smallest absolute Gasteiger partial charge is 0.0195 e. The highest BCUT2D eigenvalue weighted by molar-refractivity contribution is 5.40. The molecular weight excluding hydrogens is 244 g/mol. The quantitative estimate of drug-likeness (QED) is 0.820. The third-order valence-electron chi connectivity index (χ3n) is 4.91. The molecular formula is C18H28N2. The molecule has 0 aromatic heterocycles.